The van der Waals surface area contributed by atoms with E-state index >= 15 is 0 Å². The quantitative estimate of drug-likeness (QED) is 0.652. The van der Waals surface area contributed by atoms with Gasteiger partial charge in [-0.05, 0) is 18.9 Å². The summed E-state index contributed by atoms with van der Waals surface area (Å²) in [5, 5.41) is 16.9. The Morgan fingerprint density at radius 2 is 2.10 bits per heavy atom. The number of rotatable bonds is 4. The van der Waals surface area contributed by atoms with Gasteiger partial charge in [-0.15, -0.1) is 0 Å². The minimum absolute atomic E-state index is 0.0620. The van der Waals surface area contributed by atoms with Crippen LogP contribution in [0.15, 0.2) is 12.1 Å². The first-order valence-corrected chi connectivity index (χ1v) is 6.40. The van der Waals surface area contributed by atoms with Crippen molar-refractivity contribution >= 4 is 23.0 Å². The van der Waals surface area contributed by atoms with Crippen molar-refractivity contribution in [3.8, 4) is 5.75 Å². The highest BCUT2D eigenvalue weighted by Gasteiger charge is 2.24. The highest BCUT2D eigenvalue weighted by atomic mass is 16.6. The normalized spacial score (nSPS) is 15.1. The van der Waals surface area contributed by atoms with Crippen molar-refractivity contribution in [2.45, 2.75) is 26.8 Å². The summed E-state index contributed by atoms with van der Waals surface area (Å²) in [5.41, 5.74) is 0.762. The van der Waals surface area contributed by atoms with Crippen molar-refractivity contribution in [3.63, 3.8) is 0 Å². The van der Waals surface area contributed by atoms with Crippen LogP contribution < -0.4 is 15.4 Å². The van der Waals surface area contributed by atoms with Gasteiger partial charge in [-0.3, -0.25) is 14.9 Å². The highest BCUT2D eigenvalue weighted by Crippen LogP contribution is 2.38. The Labute approximate surface area is 116 Å². The van der Waals surface area contributed by atoms with E-state index in [1.54, 1.807) is 6.07 Å². The summed E-state index contributed by atoms with van der Waals surface area (Å²) in [6.45, 7) is 5.86. The van der Waals surface area contributed by atoms with Crippen LogP contribution in [0.5, 0.6) is 5.75 Å². The van der Waals surface area contributed by atoms with Crippen LogP contribution in [0.25, 0.3) is 0 Å². The Bertz CT molecular complexity index is 557. The van der Waals surface area contributed by atoms with Gasteiger partial charge in [0, 0.05) is 6.04 Å². The minimum atomic E-state index is -0.463. The molecule has 0 bridgehead atoms. The summed E-state index contributed by atoms with van der Waals surface area (Å²) in [6.07, 6.45) is 0. The second-order valence-corrected chi connectivity index (χ2v) is 5.14. The molecule has 1 unspecified atom stereocenters. The largest absolute Gasteiger partial charge is 0.481 e. The number of nitrogens with one attached hydrogen (secondary N) is 2. The fourth-order valence-electron chi connectivity index (χ4n) is 1.79. The van der Waals surface area contributed by atoms with E-state index in [-0.39, 0.29) is 24.2 Å². The molecule has 0 aliphatic carbocycles. The monoisotopic (exact) mass is 279 g/mol. The maximum absolute atomic E-state index is 11.3. The van der Waals surface area contributed by atoms with Crippen molar-refractivity contribution in [3.05, 3.63) is 22.2 Å². The number of carbonyl (C=O) groups is 1. The van der Waals surface area contributed by atoms with Crippen molar-refractivity contribution < 1.29 is 14.5 Å². The van der Waals surface area contributed by atoms with Gasteiger partial charge in [0.2, 0.25) is 0 Å². The summed E-state index contributed by atoms with van der Waals surface area (Å²) in [6, 6.07) is 2.94. The Balaban J connectivity index is 2.40. The van der Waals surface area contributed by atoms with E-state index in [1.165, 1.54) is 6.07 Å². The number of benzene rings is 1. The number of ether oxygens (including phenoxy) is 1. The number of nitrogens with zero attached hydrogens (tertiary/aromatic N) is 1. The SMILES string of the molecule is CC(C)C(C)Nc1cc2c(cc1[N+](=O)[O-])OCC(=O)N2. The van der Waals surface area contributed by atoms with Crippen LogP contribution in [0.3, 0.4) is 0 Å². The molecule has 1 aromatic rings. The van der Waals surface area contributed by atoms with Crippen LogP contribution in [0, 0.1) is 16.0 Å². The van der Waals surface area contributed by atoms with E-state index < -0.39 is 4.92 Å². The molecule has 1 aliphatic heterocycles. The summed E-state index contributed by atoms with van der Waals surface area (Å²) in [5.74, 6) is 0.365. The first-order valence-electron chi connectivity index (χ1n) is 6.40. The average Bonchev–Trinajstić information content (AvgIpc) is 2.37. The third-order valence-corrected chi connectivity index (χ3v) is 3.31. The van der Waals surface area contributed by atoms with E-state index in [0.717, 1.165) is 0 Å². The molecule has 0 saturated heterocycles. The van der Waals surface area contributed by atoms with Crippen LogP contribution in [0.2, 0.25) is 0 Å². The highest BCUT2D eigenvalue weighted by molar-refractivity contribution is 5.96. The molecule has 0 aromatic heterocycles. The molecule has 0 radical (unpaired) electrons. The summed E-state index contributed by atoms with van der Waals surface area (Å²) < 4.78 is 5.19. The lowest BCUT2D eigenvalue weighted by molar-refractivity contribution is -0.384. The van der Waals surface area contributed by atoms with Crippen molar-refractivity contribution in [1.29, 1.82) is 0 Å². The van der Waals surface area contributed by atoms with E-state index in [9.17, 15) is 14.9 Å². The number of hydrogen-bond donors (Lipinski definition) is 2. The molecule has 7 nitrogen and oxygen atoms in total. The topological polar surface area (TPSA) is 93.5 Å². The van der Waals surface area contributed by atoms with Gasteiger partial charge in [-0.25, -0.2) is 0 Å². The number of carbonyl (C=O) groups excluding carboxylic acids is 1. The predicted octanol–water partition coefficient (Wildman–Crippen LogP) is 2.38. The minimum Gasteiger partial charge on any atom is -0.481 e. The number of fused-ring (bicyclic) bond motifs is 1. The molecule has 1 aliphatic rings. The molecule has 20 heavy (non-hydrogen) atoms. The zero-order valence-corrected chi connectivity index (χ0v) is 11.6. The van der Waals surface area contributed by atoms with Gasteiger partial charge in [0.15, 0.2) is 12.4 Å². The molecule has 108 valence electrons. The van der Waals surface area contributed by atoms with Crippen LogP contribution in [0.4, 0.5) is 17.1 Å². The van der Waals surface area contributed by atoms with E-state index in [0.29, 0.717) is 23.0 Å². The van der Waals surface area contributed by atoms with Crippen LogP contribution in [-0.2, 0) is 4.79 Å². The van der Waals surface area contributed by atoms with Crippen molar-refractivity contribution in [2.75, 3.05) is 17.2 Å². The maximum Gasteiger partial charge on any atom is 0.296 e. The number of anilines is 2. The third kappa shape index (κ3) is 2.81. The fourth-order valence-corrected chi connectivity index (χ4v) is 1.79. The molecule has 2 N–H and O–H groups in total. The number of nitro groups is 1. The smallest absolute Gasteiger partial charge is 0.296 e. The molecule has 2 rings (SSSR count). The van der Waals surface area contributed by atoms with Gasteiger partial charge in [0.1, 0.15) is 5.69 Å². The summed E-state index contributed by atoms with van der Waals surface area (Å²) in [7, 11) is 0. The molecule has 1 atom stereocenters. The first kappa shape index (κ1) is 14.1. The van der Waals surface area contributed by atoms with Crippen molar-refractivity contribution in [2.24, 2.45) is 5.92 Å². The Morgan fingerprint density at radius 3 is 2.70 bits per heavy atom. The van der Waals surface area contributed by atoms with Gasteiger partial charge in [-0.1, -0.05) is 13.8 Å². The molecular weight excluding hydrogens is 262 g/mol. The molecule has 0 spiro atoms. The number of amides is 1. The third-order valence-electron chi connectivity index (χ3n) is 3.31. The van der Waals surface area contributed by atoms with Gasteiger partial charge < -0.3 is 15.4 Å². The number of hydrogen-bond acceptors (Lipinski definition) is 5. The zero-order chi connectivity index (χ0) is 14.9. The molecule has 1 aromatic carbocycles. The summed E-state index contributed by atoms with van der Waals surface area (Å²) >= 11 is 0. The fraction of sp³-hybridized carbons (Fsp3) is 0.462. The van der Waals surface area contributed by atoms with E-state index in [1.807, 2.05) is 20.8 Å². The zero-order valence-electron chi connectivity index (χ0n) is 11.6. The second kappa shape index (κ2) is 5.36. The average molecular weight is 279 g/mol. The molecule has 1 amide bonds. The Hall–Kier alpha value is -2.31. The predicted molar refractivity (Wildman–Crippen MR) is 75.1 cm³/mol. The second-order valence-electron chi connectivity index (χ2n) is 5.14. The molecular formula is C13H17N3O4. The van der Waals surface area contributed by atoms with Gasteiger partial charge in [-0.2, -0.15) is 0 Å². The van der Waals surface area contributed by atoms with Crippen LogP contribution >= 0.6 is 0 Å². The number of nitro benzene ring substituents is 1. The van der Waals surface area contributed by atoms with Crippen LogP contribution in [-0.4, -0.2) is 23.5 Å². The van der Waals surface area contributed by atoms with Crippen molar-refractivity contribution in [1.82, 2.24) is 0 Å². The maximum atomic E-state index is 11.3. The Kier molecular flexibility index (Phi) is 3.78. The van der Waals surface area contributed by atoms with Gasteiger partial charge in [0.25, 0.3) is 11.6 Å². The van der Waals surface area contributed by atoms with E-state index in [2.05, 4.69) is 10.6 Å². The Morgan fingerprint density at radius 1 is 1.40 bits per heavy atom. The first-order chi connectivity index (χ1) is 9.38. The lowest BCUT2D eigenvalue weighted by atomic mass is 10.1. The molecule has 0 fully saturated rings. The van der Waals surface area contributed by atoms with Gasteiger partial charge >= 0.3 is 0 Å². The summed E-state index contributed by atoms with van der Waals surface area (Å²) in [4.78, 5) is 22.0. The van der Waals surface area contributed by atoms with Crippen LogP contribution in [0.1, 0.15) is 20.8 Å². The molecule has 7 heteroatoms. The molecule has 1 heterocycles. The van der Waals surface area contributed by atoms with Gasteiger partial charge in [0.05, 0.1) is 16.7 Å². The lowest BCUT2D eigenvalue weighted by Gasteiger charge is -2.22. The van der Waals surface area contributed by atoms with E-state index in [4.69, 9.17) is 4.74 Å². The standard InChI is InChI=1S/C13H17N3O4/c1-7(2)8(3)14-9-4-10-12(5-11(9)16(18)19)20-6-13(17)15-10/h4-5,7-8,14H,6H2,1-3H3,(H,15,17). The lowest BCUT2D eigenvalue weighted by Crippen LogP contribution is -2.26. The molecule has 0 saturated carbocycles.